The fourth-order valence-electron chi connectivity index (χ4n) is 1.32. The van der Waals surface area contributed by atoms with E-state index < -0.39 is 0 Å². The predicted octanol–water partition coefficient (Wildman–Crippen LogP) is 2.59. The smallest absolute Gasteiger partial charge is 0.0861 e. The van der Waals surface area contributed by atoms with E-state index in [0.29, 0.717) is 6.04 Å². The summed E-state index contributed by atoms with van der Waals surface area (Å²) in [5, 5.41) is 3.38. The summed E-state index contributed by atoms with van der Waals surface area (Å²) in [5.74, 6) is 0. The fourth-order valence-corrected chi connectivity index (χ4v) is 1.32. The number of rotatable bonds is 0. The van der Waals surface area contributed by atoms with E-state index in [1.54, 1.807) is 0 Å². The summed E-state index contributed by atoms with van der Waals surface area (Å²) in [6.07, 6.45) is 0. The summed E-state index contributed by atoms with van der Waals surface area (Å²) < 4.78 is 0. The molecule has 2 heteroatoms. The van der Waals surface area contributed by atoms with Gasteiger partial charge in [-0.1, -0.05) is 12.1 Å². The molecule has 0 spiro atoms. The van der Waals surface area contributed by atoms with Crippen LogP contribution < -0.4 is 5.32 Å². The highest BCUT2D eigenvalue weighted by molar-refractivity contribution is 5.96. The number of nitrogens with zero attached hydrogens (tertiary/aromatic N) is 1. The van der Waals surface area contributed by atoms with Crippen LogP contribution in [0.5, 0.6) is 0 Å². The van der Waals surface area contributed by atoms with Gasteiger partial charge in [-0.15, -0.1) is 0 Å². The second-order valence-corrected chi connectivity index (χ2v) is 3.14. The Hall–Kier alpha value is -1.31. The lowest BCUT2D eigenvalue weighted by atomic mass is 10.1. The zero-order valence-electron chi connectivity index (χ0n) is 7.33. The summed E-state index contributed by atoms with van der Waals surface area (Å²) in [4.78, 5) is 4.48. The molecular formula is C10H12N2. The SMILES string of the molecule is CC1=Nc2ccccc2N[C@@H]1C. The highest BCUT2D eigenvalue weighted by Crippen LogP contribution is 2.28. The van der Waals surface area contributed by atoms with E-state index in [0.717, 1.165) is 17.1 Å². The molecule has 62 valence electrons. The third-order valence-corrected chi connectivity index (χ3v) is 2.20. The number of nitrogens with one attached hydrogen (secondary N) is 1. The van der Waals surface area contributed by atoms with Crippen molar-refractivity contribution < 1.29 is 0 Å². The third-order valence-electron chi connectivity index (χ3n) is 2.20. The van der Waals surface area contributed by atoms with Crippen molar-refractivity contribution in [1.82, 2.24) is 0 Å². The van der Waals surface area contributed by atoms with Gasteiger partial charge in [-0.25, -0.2) is 0 Å². The van der Waals surface area contributed by atoms with E-state index in [4.69, 9.17) is 0 Å². The summed E-state index contributed by atoms with van der Waals surface area (Å²) >= 11 is 0. The van der Waals surface area contributed by atoms with Crippen molar-refractivity contribution in [2.24, 2.45) is 4.99 Å². The maximum atomic E-state index is 4.48. The van der Waals surface area contributed by atoms with Crippen molar-refractivity contribution in [3.63, 3.8) is 0 Å². The van der Waals surface area contributed by atoms with Gasteiger partial charge < -0.3 is 5.32 Å². The molecule has 0 aromatic heterocycles. The monoisotopic (exact) mass is 160 g/mol. The Labute approximate surface area is 72.3 Å². The summed E-state index contributed by atoms with van der Waals surface area (Å²) in [6.45, 7) is 4.17. The molecule has 0 amide bonds. The van der Waals surface area contributed by atoms with Gasteiger partial charge in [-0.2, -0.15) is 0 Å². The number of hydrogen-bond donors (Lipinski definition) is 1. The van der Waals surface area contributed by atoms with Crippen molar-refractivity contribution >= 4 is 17.1 Å². The molecule has 0 bridgehead atoms. The van der Waals surface area contributed by atoms with Crippen LogP contribution in [0.3, 0.4) is 0 Å². The molecule has 1 heterocycles. The minimum absolute atomic E-state index is 0.361. The standard InChI is InChI=1S/C10H12N2/c1-7-8(2)12-10-6-4-3-5-9(10)11-7/h3-7,11H,1-2H3/t7-/m1/s1. The van der Waals surface area contributed by atoms with E-state index in [9.17, 15) is 0 Å². The Bertz CT molecular complexity index is 328. The Kier molecular flexibility index (Phi) is 1.61. The maximum Gasteiger partial charge on any atom is 0.0861 e. The first kappa shape index (κ1) is 7.35. The molecule has 0 saturated heterocycles. The second-order valence-electron chi connectivity index (χ2n) is 3.14. The molecule has 2 rings (SSSR count). The average molecular weight is 160 g/mol. The zero-order valence-corrected chi connectivity index (χ0v) is 7.33. The first-order chi connectivity index (χ1) is 5.77. The Morgan fingerprint density at radius 1 is 1.33 bits per heavy atom. The Balaban J connectivity index is 2.49. The normalized spacial score (nSPS) is 20.8. The van der Waals surface area contributed by atoms with Gasteiger partial charge in [-0.05, 0) is 26.0 Å². The van der Waals surface area contributed by atoms with Crippen LogP contribution in [-0.2, 0) is 0 Å². The summed E-state index contributed by atoms with van der Waals surface area (Å²) in [6, 6.07) is 8.47. The lowest BCUT2D eigenvalue weighted by molar-refractivity contribution is 1.02. The molecule has 12 heavy (non-hydrogen) atoms. The van der Waals surface area contributed by atoms with Crippen molar-refractivity contribution in [2.45, 2.75) is 19.9 Å². The number of para-hydroxylation sites is 2. The topological polar surface area (TPSA) is 24.4 Å². The van der Waals surface area contributed by atoms with Crippen LogP contribution >= 0.6 is 0 Å². The van der Waals surface area contributed by atoms with Crippen LogP contribution in [0.25, 0.3) is 0 Å². The van der Waals surface area contributed by atoms with Gasteiger partial charge in [-0.3, -0.25) is 4.99 Å². The van der Waals surface area contributed by atoms with Crippen molar-refractivity contribution in [1.29, 1.82) is 0 Å². The summed E-state index contributed by atoms with van der Waals surface area (Å²) in [7, 11) is 0. The minimum atomic E-state index is 0.361. The molecule has 1 aromatic rings. The zero-order chi connectivity index (χ0) is 8.55. The van der Waals surface area contributed by atoms with Crippen LogP contribution in [0.15, 0.2) is 29.3 Å². The lowest BCUT2D eigenvalue weighted by Gasteiger charge is -2.21. The van der Waals surface area contributed by atoms with E-state index in [-0.39, 0.29) is 0 Å². The molecule has 0 fully saturated rings. The Morgan fingerprint density at radius 2 is 2.08 bits per heavy atom. The van der Waals surface area contributed by atoms with Crippen LogP contribution in [0.2, 0.25) is 0 Å². The minimum Gasteiger partial charge on any atom is -0.376 e. The van der Waals surface area contributed by atoms with Gasteiger partial charge in [0.05, 0.1) is 17.4 Å². The molecule has 1 aliphatic heterocycles. The quantitative estimate of drug-likeness (QED) is 0.619. The highest BCUT2D eigenvalue weighted by Gasteiger charge is 2.13. The molecule has 0 saturated carbocycles. The molecule has 0 radical (unpaired) electrons. The highest BCUT2D eigenvalue weighted by atomic mass is 15.0. The van der Waals surface area contributed by atoms with E-state index in [1.807, 2.05) is 25.1 Å². The van der Waals surface area contributed by atoms with E-state index in [2.05, 4.69) is 23.3 Å². The first-order valence-corrected chi connectivity index (χ1v) is 4.18. The fraction of sp³-hybridized carbons (Fsp3) is 0.300. The van der Waals surface area contributed by atoms with Gasteiger partial charge in [0.2, 0.25) is 0 Å². The van der Waals surface area contributed by atoms with Gasteiger partial charge in [0.1, 0.15) is 0 Å². The van der Waals surface area contributed by atoms with Gasteiger partial charge in [0, 0.05) is 5.71 Å². The van der Waals surface area contributed by atoms with Crippen LogP contribution in [-0.4, -0.2) is 11.8 Å². The van der Waals surface area contributed by atoms with Crippen molar-refractivity contribution in [3.05, 3.63) is 24.3 Å². The molecule has 2 nitrogen and oxygen atoms in total. The average Bonchev–Trinajstić information content (AvgIpc) is 2.07. The molecule has 1 aromatic carbocycles. The van der Waals surface area contributed by atoms with Crippen LogP contribution in [0, 0.1) is 0 Å². The molecular weight excluding hydrogens is 148 g/mol. The number of hydrogen-bond acceptors (Lipinski definition) is 2. The van der Waals surface area contributed by atoms with E-state index in [1.165, 1.54) is 0 Å². The number of anilines is 1. The molecule has 0 unspecified atom stereocenters. The van der Waals surface area contributed by atoms with Crippen LogP contribution in [0.4, 0.5) is 11.4 Å². The molecule has 1 N–H and O–H groups in total. The number of fused-ring (bicyclic) bond motifs is 1. The number of aliphatic imine (C=N–C) groups is 1. The second kappa shape index (κ2) is 2.63. The Morgan fingerprint density at radius 3 is 2.92 bits per heavy atom. The number of benzene rings is 1. The van der Waals surface area contributed by atoms with Crippen molar-refractivity contribution in [2.75, 3.05) is 5.32 Å². The van der Waals surface area contributed by atoms with E-state index >= 15 is 0 Å². The van der Waals surface area contributed by atoms with Gasteiger partial charge in [0.15, 0.2) is 0 Å². The van der Waals surface area contributed by atoms with Crippen molar-refractivity contribution in [3.8, 4) is 0 Å². The third kappa shape index (κ3) is 1.09. The summed E-state index contributed by atoms with van der Waals surface area (Å²) in [5.41, 5.74) is 3.33. The van der Waals surface area contributed by atoms with Gasteiger partial charge in [0.25, 0.3) is 0 Å². The first-order valence-electron chi connectivity index (χ1n) is 4.18. The lowest BCUT2D eigenvalue weighted by Crippen LogP contribution is -2.26. The predicted molar refractivity (Wildman–Crippen MR) is 52.3 cm³/mol. The largest absolute Gasteiger partial charge is 0.376 e. The molecule has 0 aliphatic carbocycles. The van der Waals surface area contributed by atoms with Crippen LogP contribution in [0.1, 0.15) is 13.8 Å². The molecule has 1 aliphatic rings. The van der Waals surface area contributed by atoms with Gasteiger partial charge >= 0.3 is 0 Å². The molecule has 1 atom stereocenters. The maximum absolute atomic E-state index is 4.48.